The third-order valence-electron chi connectivity index (χ3n) is 4.29. The van der Waals surface area contributed by atoms with E-state index in [1.54, 1.807) is 0 Å². The second-order valence-electron chi connectivity index (χ2n) is 5.76. The van der Waals surface area contributed by atoms with Crippen LogP contribution in [0.2, 0.25) is 0 Å². The molecule has 0 atom stereocenters. The molecule has 18 heavy (non-hydrogen) atoms. The summed E-state index contributed by atoms with van der Waals surface area (Å²) in [6, 6.07) is 6.27. The lowest BCUT2D eigenvalue weighted by atomic mass is 9.79. The third-order valence-corrected chi connectivity index (χ3v) is 4.29. The molecule has 0 amide bonds. The van der Waals surface area contributed by atoms with Gasteiger partial charge in [0.2, 0.25) is 6.79 Å². The third kappa shape index (κ3) is 1.68. The number of nitrogens with one attached hydrogen (secondary N) is 1. The van der Waals surface area contributed by atoms with Crippen LogP contribution < -0.4 is 14.8 Å². The second kappa shape index (κ2) is 3.87. The summed E-state index contributed by atoms with van der Waals surface area (Å²) in [5.41, 5.74) is 1.90. The maximum Gasteiger partial charge on any atom is 0.231 e. The van der Waals surface area contributed by atoms with Crippen molar-refractivity contribution >= 4 is 0 Å². The molecule has 4 nitrogen and oxygen atoms in total. The molecule has 0 unspecified atom stereocenters. The molecule has 0 bridgehead atoms. The van der Waals surface area contributed by atoms with Crippen molar-refractivity contribution in [2.75, 3.05) is 33.0 Å². The van der Waals surface area contributed by atoms with Gasteiger partial charge in [-0.1, -0.05) is 6.07 Å². The van der Waals surface area contributed by atoms with Crippen molar-refractivity contribution < 1.29 is 9.47 Å². The van der Waals surface area contributed by atoms with Crippen molar-refractivity contribution in [3.63, 3.8) is 0 Å². The van der Waals surface area contributed by atoms with E-state index >= 15 is 0 Å². The Labute approximate surface area is 107 Å². The van der Waals surface area contributed by atoms with E-state index in [9.17, 15) is 0 Å². The number of ether oxygens (including phenoxy) is 2. The average Bonchev–Trinajstić information content (AvgIpc) is 2.95. The zero-order valence-corrected chi connectivity index (χ0v) is 10.4. The molecule has 3 aliphatic heterocycles. The van der Waals surface area contributed by atoms with Gasteiger partial charge in [0.15, 0.2) is 11.5 Å². The van der Waals surface area contributed by atoms with Crippen molar-refractivity contribution in [3.8, 4) is 11.5 Å². The lowest BCUT2D eigenvalue weighted by Crippen LogP contribution is -2.56. The molecule has 3 heterocycles. The highest BCUT2D eigenvalue weighted by molar-refractivity contribution is 5.44. The number of hydrogen-bond acceptors (Lipinski definition) is 4. The lowest BCUT2D eigenvalue weighted by Gasteiger charge is -2.48. The minimum absolute atomic E-state index is 0.358. The minimum atomic E-state index is 0.358. The molecule has 2 fully saturated rings. The van der Waals surface area contributed by atoms with Crippen molar-refractivity contribution in [2.24, 2.45) is 5.41 Å². The molecule has 1 N–H and O–H groups in total. The van der Waals surface area contributed by atoms with Crippen molar-refractivity contribution in [1.82, 2.24) is 10.2 Å². The zero-order valence-electron chi connectivity index (χ0n) is 10.4. The Balaban J connectivity index is 1.41. The van der Waals surface area contributed by atoms with Gasteiger partial charge in [0.1, 0.15) is 0 Å². The maximum atomic E-state index is 5.41. The van der Waals surface area contributed by atoms with E-state index in [1.807, 2.05) is 6.07 Å². The Morgan fingerprint density at radius 2 is 2.11 bits per heavy atom. The van der Waals surface area contributed by atoms with Crippen molar-refractivity contribution in [3.05, 3.63) is 23.8 Å². The molecule has 4 rings (SSSR count). The summed E-state index contributed by atoms with van der Waals surface area (Å²) in [6.45, 7) is 6.24. The standard InChI is InChI=1S/C14H18N2O2/c1-2-12-13(18-10-17-12)5-11(1)6-16-8-14(9-16)3-4-15-7-14/h1-2,5,15H,3-4,6-10H2. The summed E-state index contributed by atoms with van der Waals surface area (Å²) in [5.74, 6) is 1.77. The highest BCUT2D eigenvalue weighted by atomic mass is 16.7. The SMILES string of the molecule is c1cc2c(cc1CN1CC3(CCNC3)C1)OCO2. The lowest BCUT2D eigenvalue weighted by molar-refractivity contribution is 0.0103. The van der Waals surface area contributed by atoms with Crippen LogP contribution in [0, 0.1) is 5.41 Å². The highest BCUT2D eigenvalue weighted by Crippen LogP contribution is 2.38. The van der Waals surface area contributed by atoms with Crippen LogP contribution in [0.1, 0.15) is 12.0 Å². The van der Waals surface area contributed by atoms with E-state index in [0.29, 0.717) is 12.2 Å². The molecule has 0 aliphatic carbocycles. The van der Waals surface area contributed by atoms with Crippen LogP contribution in [0.25, 0.3) is 0 Å². The molecule has 0 saturated carbocycles. The number of hydrogen-bond donors (Lipinski definition) is 1. The monoisotopic (exact) mass is 246 g/mol. The first-order valence-electron chi connectivity index (χ1n) is 6.65. The second-order valence-corrected chi connectivity index (χ2v) is 5.76. The molecular formula is C14H18N2O2. The molecule has 2 saturated heterocycles. The van der Waals surface area contributed by atoms with Crippen LogP contribution in [-0.4, -0.2) is 37.9 Å². The Kier molecular flexibility index (Phi) is 2.29. The smallest absolute Gasteiger partial charge is 0.231 e. The molecular weight excluding hydrogens is 228 g/mol. The van der Waals surface area contributed by atoms with Crippen molar-refractivity contribution in [1.29, 1.82) is 0 Å². The number of nitrogens with zero attached hydrogens (tertiary/aromatic N) is 1. The quantitative estimate of drug-likeness (QED) is 0.850. The van der Waals surface area contributed by atoms with E-state index in [0.717, 1.165) is 18.0 Å². The van der Waals surface area contributed by atoms with E-state index < -0.39 is 0 Å². The van der Waals surface area contributed by atoms with Crippen LogP contribution in [0.15, 0.2) is 18.2 Å². The molecule has 96 valence electrons. The highest BCUT2D eigenvalue weighted by Gasteiger charge is 2.44. The number of benzene rings is 1. The van der Waals surface area contributed by atoms with Gasteiger partial charge < -0.3 is 14.8 Å². The van der Waals surface area contributed by atoms with Crippen LogP contribution in [0.4, 0.5) is 0 Å². The van der Waals surface area contributed by atoms with Gasteiger partial charge in [-0.15, -0.1) is 0 Å². The van der Waals surface area contributed by atoms with Crippen molar-refractivity contribution in [2.45, 2.75) is 13.0 Å². The van der Waals surface area contributed by atoms with Crippen LogP contribution >= 0.6 is 0 Å². The van der Waals surface area contributed by atoms with Crippen LogP contribution in [-0.2, 0) is 6.54 Å². The molecule has 0 radical (unpaired) electrons. The van der Waals surface area contributed by atoms with E-state index in [4.69, 9.17) is 9.47 Å². The molecule has 1 spiro atoms. The number of rotatable bonds is 2. The van der Waals surface area contributed by atoms with Crippen LogP contribution in [0.3, 0.4) is 0 Å². The summed E-state index contributed by atoms with van der Waals surface area (Å²) in [4.78, 5) is 2.52. The largest absolute Gasteiger partial charge is 0.454 e. The molecule has 3 aliphatic rings. The fourth-order valence-electron chi connectivity index (χ4n) is 3.38. The Morgan fingerprint density at radius 1 is 1.22 bits per heavy atom. The number of likely N-dealkylation sites (tertiary alicyclic amines) is 1. The molecule has 4 heteroatoms. The Bertz CT molecular complexity index is 461. The van der Waals surface area contributed by atoms with E-state index in [1.165, 1.54) is 38.2 Å². The van der Waals surface area contributed by atoms with Gasteiger partial charge in [-0.2, -0.15) is 0 Å². The zero-order chi connectivity index (χ0) is 12.0. The normalized spacial score (nSPS) is 24.4. The first-order chi connectivity index (χ1) is 8.83. The first-order valence-corrected chi connectivity index (χ1v) is 6.65. The van der Waals surface area contributed by atoms with Crippen LogP contribution in [0.5, 0.6) is 11.5 Å². The fourth-order valence-corrected chi connectivity index (χ4v) is 3.38. The van der Waals surface area contributed by atoms with Gasteiger partial charge in [-0.05, 0) is 30.7 Å². The van der Waals surface area contributed by atoms with Gasteiger partial charge in [0.25, 0.3) is 0 Å². The molecule has 1 aromatic carbocycles. The number of fused-ring (bicyclic) bond motifs is 1. The molecule has 1 aromatic rings. The summed E-state index contributed by atoms with van der Waals surface area (Å²) < 4.78 is 10.7. The summed E-state index contributed by atoms with van der Waals surface area (Å²) in [7, 11) is 0. The van der Waals surface area contributed by atoms with E-state index in [-0.39, 0.29) is 0 Å². The fraction of sp³-hybridized carbons (Fsp3) is 0.571. The summed E-state index contributed by atoms with van der Waals surface area (Å²) in [6.07, 6.45) is 1.34. The minimum Gasteiger partial charge on any atom is -0.454 e. The maximum absolute atomic E-state index is 5.41. The van der Waals surface area contributed by atoms with Gasteiger partial charge in [-0.3, -0.25) is 4.90 Å². The van der Waals surface area contributed by atoms with Gasteiger partial charge in [-0.25, -0.2) is 0 Å². The Hall–Kier alpha value is -1.26. The summed E-state index contributed by atoms with van der Waals surface area (Å²) >= 11 is 0. The topological polar surface area (TPSA) is 33.7 Å². The summed E-state index contributed by atoms with van der Waals surface area (Å²) in [5, 5.41) is 3.47. The van der Waals surface area contributed by atoms with Gasteiger partial charge in [0, 0.05) is 31.6 Å². The predicted molar refractivity (Wildman–Crippen MR) is 67.8 cm³/mol. The predicted octanol–water partition coefficient (Wildman–Crippen LogP) is 1.21. The Morgan fingerprint density at radius 3 is 2.94 bits per heavy atom. The molecule has 0 aromatic heterocycles. The van der Waals surface area contributed by atoms with E-state index in [2.05, 4.69) is 22.3 Å². The van der Waals surface area contributed by atoms with Gasteiger partial charge >= 0.3 is 0 Å². The first kappa shape index (κ1) is 10.6. The van der Waals surface area contributed by atoms with Gasteiger partial charge in [0.05, 0.1) is 0 Å². The average molecular weight is 246 g/mol.